The molecule has 0 bridgehead atoms. The highest BCUT2D eigenvalue weighted by Gasteiger charge is 2.12. The summed E-state index contributed by atoms with van der Waals surface area (Å²) >= 11 is 3.28. The molecule has 0 aromatic heterocycles. The molecule has 1 amide bonds. The number of nitrogens with one attached hydrogen (secondary N) is 1. The van der Waals surface area contributed by atoms with Gasteiger partial charge < -0.3 is 20.5 Å². The Balaban J connectivity index is 2.64. The highest BCUT2D eigenvalue weighted by atomic mass is 79.9. The van der Waals surface area contributed by atoms with Gasteiger partial charge in [0.05, 0.1) is 12.1 Å². The van der Waals surface area contributed by atoms with Crippen LogP contribution in [0.15, 0.2) is 22.7 Å². The van der Waals surface area contributed by atoms with Gasteiger partial charge in [-0.1, -0.05) is 15.9 Å². The van der Waals surface area contributed by atoms with Crippen molar-refractivity contribution in [3.05, 3.63) is 28.2 Å². The molecule has 0 saturated heterocycles. The molecule has 1 rings (SSSR count). The lowest BCUT2D eigenvalue weighted by Crippen LogP contribution is -2.34. The summed E-state index contributed by atoms with van der Waals surface area (Å²) in [4.78, 5) is 11.8. The second kappa shape index (κ2) is 6.58. The molecule has 1 aromatic carbocycles. The zero-order valence-corrected chi connectivity index (χ0v) is 11.3. The first-order valence-corrected chi connectivity index (χ1v) is 5.76. The standard InChI is InChI=1S/C11H15BrN2O3/c1-16-10(17-2)6-14-11(15)8-4-3-7(12)5-9(8)13/h3-5,10H,6,13H2,1-2H3,(H,14,15). The molecule has 0 spiro atoms. The van der Waals surface area contributed by atoms with Crippen molar-refractivity contribution >= 4 is 27.5 Å². The van der Waals surface area contributed by atoms with Gasteiger partial charge in [0, 0.05) is 24.4 Å². The number of rotatable bonds is 5. The van der Waals surface area contributed by atoms with E-state index >= 15 is 0 Å². The molecule has 0 aliphatic rings. The third-order valence-corrected chi connectivity index (χ3v) is 2.71. The van der Waals surface area contributed by atoms with Crippen LogP contribution in [0.4, 0.5) is 5.69 Å². The third kappa shape index (κ3) is 3.99. The quantitative estimate of drug-likeness (QED) is 0.636. The number of nitrogen functional groups attached to an aromatic ring is 1. The Bertz CT molecular complexity index is 394. The second-order valence-corrected chi connectivity index (χ2v) is 4.26. The zero-order chi connectivity index (χ0) is 12.8. The molecular weight excluding hydrogens is 288 g/mol. The molecule has 1 aromatic rings. The average molecular weight is 303 g/mol. The largest absolute Gasteiger partial charge is 0.398 e. The summed E-state index contributed by atoms with van der Waals surface area (Å²) < 4.78 is 10.8. The zero-order valence-electron chi connectivity index (χ0n) is 9.70. The second-order valence-electron chi connectivity index (χ2n) is 3.34. The van der Waals surface area contributed by atoms with Crippen LogP contribution in [0.2, 0.25) is 0 Å². The SMILES string of the molecule is COC(CNC(=O)c1ccc(Br)cc1N)OC. The smallest absolute Gasteiger partial charge is 0.253 e. The van der Waals surface area contributed by atoms with Gasteiger partial charge in [0.2, 0.25) is 0 Å². The molecule has 0 aliphatic carbocycles. The summed E-state index contributed by atoms with van der Waals surface area (Å²) in [5.41, 5.74) is 6.59. The molecule has 0 saturated carbocycles. The van der Waals surface area contributed by atoms with Crippen LogP contribution in [0.3, 0.4) is 0 Å². The Morgan fingerprint density at radius 1 is 1.47 bits per heavy atom. The highest BCUT2D eigenvalue weighted by molar-refractivity contribution is 9.10. The highest BCUT2D eigenvalue weighted by Crippen LogP contribution is 2.18. The van der Waals surface area contributed by atoms with Crippen LogP contribution in [0.5, 0.6) is 0 Å². The Morgan fingerprint density at radius 3 is 2.65 bits per heavy atom. The van der Waals surface area contributed by atoms with Crippen LogP contribution in [0.1, 0.15) is 10.4 Å². The van der Waals surface area contributed by atoms with Crippen LogP contribution >= 0.6 is 15.9 Å². The summed E-state index contributed by atoms with van der Waals surface area (Å²) in [7, 11) is 3.02. The predicted molar refractivity (Wildman–Crippen MR) is 68.7 cm³/mol. The fourth-order valence-corrected chi connectivity index (χ4v) is 1.65. The van der Waals surface area contributed by atoms with E-state index < -0.39 is 6.29 Å². The first kappa shape index (κ1) is 14.0. The summed E-state index contributed by atoms with van der Waals surface area (Å²) in [5.74, 6) is -0.255. The molecule has 0 atom stereocenters. The fraction of sp³-hybridized carbons (Fsp3) is 0.364. The van der Waals surface area contributed by atoms with Crippen LogP contribution in [0.25, 0.3) is 0 Å². The Morgan fingerprint density at radius 2 is 2.12 bits per heavy atom. The van der Waals surface area contributed by atoms with Crippen molar-refractivity contribution in [2.45, 2.75) is 6.29 Å². The number of methoxy groups -OCH3 is 2. The maximum absolute atomic E-state index is 11.8. The molecule has 94 valence electrons. The average Bonchev–Trinajstić information content (AvgIpc) is 2.30. The molecule has 5 nitrogen and oxygen atoms in total. The van der Waals surface area contributed by atoms with Gasteiger partial charge in [-0.15, -0.1) is 0 Å². The van der Waals surface area contributed by atoms with Gasteiger partial charge in [-0.3, -0.25) is 4.79 Å². The van der Waals surface area contributed by atoms with Crippen molar-refractivity contribution in [2.24, 2.45) is 0 Å². The van der Waals surface area contributed by atoms with E-state index in [1.807, 2.05) is 0 Å². The third-order valence-electron chi connectivity index (χ3n) is 2.21. The number of amides is 1. The van der Waals surface area contributed by atoms with Gasteiger partial charge in [0.15, 0.2) is 6.29 Å². The lowest BCUT2D eigenvalue weighted by molar-refractivity contribution is -0.0974. The number of anilines is 1. The van der Waals surface area contributed by atoms with E-state index in [1.54, 1.807) is 18.2 Å². The molecule has 0 aliphatic heterocycles. The van der Waals surface area contributed by atoms with Crippen LogP contribution in [-0.4, -0.2) is 33.0 Å². The minimum atomic E-state index is -0.462. The van der Waals surface area contributed by atoms with Crippen LogP contribution in [-0.2, 0) is 9.47 Å². The van der Waals surface area contributed by atoms with Crippen LogP contribution < -0.4 is 11.1 Å². The lowest BCUT2D eigenvalue weighted by atomic mass is 10.1. The van der Waals surface area contributed by atoms with Crippen LogP contribution in [0, 0.1) is 0 Å². The van der Waals surface area contributed by atoms with E-state index in [-0.39, 0.29) is 12.5 Å². The minimum absolute atomic E-state index is 0.255. The van der Waals surface area contributed by atoms with Crippen molar-refractivity contribution in [3.63, 3.8) is 0 Å². The Hall–Kier alpha value is -1.11. The normalized spacial score (nSPS) is 10.6. The number of benzene rings is 1. The lowest BCUT2D eigenvalue weighted by Gasteiger charge is -2.14. The number of carbonyl (C=O) groups excluding carboxylic acids is 1. The topological polar surface area (TPSA) is 73.6 Å². The van der Waals surface area contributed by atoms with Crippen molar-refractivity contribution in [3.8, 4) is 0 Å². The van der Waals surface area contributed by atoms with Crippen molar-refractivity contribution in [2.75, 3.05) is 26.5 Å². The number of ether oxygens (including phenoxy) is 2. The molecule has 0 heterocycles. The van der Waals surface area contributed by atoms with Gasteiger partial charge >= 0.3 is 0 Å². The first-order chi connectivity index (χ1) is 8.08. The van der Waals surface area contributed by atoms with E-state index in [1.165, 1.54) is 14.2 Å². The molecule has 17 heavy (non-hydrogen) atoms. The Kier molecular flexibility index (Phi) is 5.40. The number of hydrogen-bond donors (Lipinski definition) is 2. The van der Waals surface area contributed by atoms with Gasteiger partial charge in [-0.25, -0.2) is 0 Å². The summed E-state index contributed by atoms with van der Waals surface area (Å²) in [5, 5.41) is 2.68. The number of halogens is 1. The number of carbonyl (C=O) groups is 1. The predicted octanol–water partition coefficient (Wildman–Crippen LogP) is 1.38. The number of nitrogens with two attached hydrogens (primary N) is 1. The van der Waals surface area contributed by atoms with E-state index in [2.05, 4.69) is 21.2 Å². The summed E-state index contributed by atoms with van der Waals surface area (Å²) in [6, 6.07) is 5.10. The fourth-order valence-electron chi connectivity index (χ4n) is 1.27. The van der Waals surface area contributed by atoms with Gasteiger partial charge in [0.1, 0.15) is 0 Å². The molecule has 6 heteroatoms. The van der Waals surface area contributed by atoms with Gasteiger partial charge in [-0.2, -0.15) is 0 Å². The minimum Gasteiger partial charge on any atom is -0.398 e. The van der Waals surface area contributed by atoms with E-state index in [4.69, 9.17) is 15.2 Å². The molecule has 0 radical (unpaired) electrons. The molecule has 0 unspecified atom stereocenters. The van der Waals surface area contributed by atoms with Crippen molar-refractivity contribution in [1.29, 1.82) is 0 Å². The molecule has 3 N–H and O–H groups in total. The summed E-state index contributed by atoms with van der Waals surface area (Å²) in [6.45, 7) is 0.265. The van der Waals surface area contributed by atoms with E-state index in [0.29, 0.717) is 11.3 Å². The first-order valence-electron chi connectivity index (χ1n) is 4.97. The monoisotopic (exact) mass is 302 g/mol. The van der Waals surface area contributed by atoms with Gasteiger partial charge in [-0.05, 0) is 18.2 Å². The number of hydrogen-bond acceptors (Lipinski definition) is 4. The Labute approximate surface area is 108 Å². The van der Waals surface area contributed by atoms with E-state index in [0.717, 1.165) is 4.47 Å². The van der Waals surface area contributed by atoms with E-state index in [9.17, 15) is 4.79 Å². The van der Waals surface area contributed by atoms with Crippen molar-refractivity contribution < 1.29 is 14.3 Å². The van der Waals surface area contributed by atoms with Gasteiger partial charge in [0.25, 0.3) is 5.91 Å². The maximum atomic E-state index is 11.8. The maximum Gasteiger partial charge on any atom is 0.253 e. The molecule has 0 fully saturated rings. The van der Waals surface area contributed by atoms with Crippen molar-refractivity contribution in [1.82, 2.24) is 5.32 Å². The summed E-state index contributed by atoms with van der Waals surface area (Å²) in [6.07, 6.45) is -0.462. The molecular formula is C11H15BrN2O3.